The van der Waals surface area contributed by atoms with Crippen molar-refractivity contribution < 1.29 is 37.3 Å². The van der Waals surface area contributed by atoms with E-state index < -0.39 is 122 Å². The molecular weight excluding hydrogens is 635 g/mol. The molecule has 2 fully saturated rings. The molecule has 4 aliphatic rings. The topological polar surface area (TPSA) is 51.8 Å². The van der Waals surface area contributed by atoms with Gasteiger partial charge in [0.25, 0.3) is 0 Å². The van der Waals surface area contributed by atoms with Crippen LogP contribution in [0.5, 0.6) is 0 Å². The lowest BCUT2D eigenvalue weighted by molar-refractivity contribution is 0.143. The van der Waals surface area contributed by atoms with Gasteiger partial charge in [-0.2, -0.15) is 0 Å². The maximum absolute atomic E-state index is 11.6. The molecule has 4 nitrogen and oxygen atoms in total. The highest BCUT2D eigenvalue weighted by molar-refractivity contribution is 6.11. The molecule has 52 heavy (non-hydrogen) atoms. The quantitative estimate of drug-likeness (QED) is 0.179. The minimum Gasteiger partial charge on any atom is -0.456 e. The van der Waals surface area contributed by atoms with E-state index in [0.717, 1.165) is 23.4 Å². The van der Waals surface area contributed by atoms with Gasteiger partial charge in [0, 0.05) is 45.0 Å². The van der Waals surface area contributed by atoms with Gasteiger partial charge in [-0.05, 0) is 143 Å². The third-order valence-corrected chi connectivity index (χ3v) is 10.5. The molecule has 4 aliphatic carbocycles. The molecule has 10 rings (SSSR count). The van der Waals surface area contributed by atoms with Gasteiger partial charge in [-0.1, -0.05) is 111 Å². The Bertz CT molecular complexity index is 3560. The van der Waals surface area contributed by atoms with Gasteiger partial charge in [0.2, 0.25) is 0 Å². The second-order valence-corrected chi connectivity index (χ2v) is 13.0. The van der Waals surface area contributed by atoms with Gasteiger partial charge in [0.15, 0.2) is 0 Å². The third-order valence-electron chi connectivity index (χ3n) is 10.5. The summed E-state index contributed by atoms with van der Waals surface area (Å²) in [6.45, 7) is 3.41. The fourth-order valence-electron chi connectivity index (χ4n) is 8.22. The molecule has 4 heteroatoms. The number of nitrogens with zero attached hydrogens (tertiary/aromatic N) is 3. The molecule has 0 spiro atoms. The molecule has 6 atom stereocenters. The number of aromatic nitrogens is 3. The van der Waals surface area contributed by atoms with Crippen molar-refractivity contribution in [1.29, 1.82) is 0 Å². The fourth-order valence-corrected chi connectivity index (χ4v) is 8.22. The van der Waals surface area contributed by atoms with E-state index >= 15 is 0 Å². The van der Waals surface area contributed by atoms with Crippen LogP contribution >= 0.6 is 0 Å². The van der Waals surface area contributed by atoms with E-state index in [1.54, 1.807) is 26.0 Å². The monoisotopic (exact) mass is 706 g/mol. The van der Waals surface area contributed by atoms with Gasteiger partial charge in [0.05, 0.1) is 16.0 Å². The number of fused-ring (bicyclic) bond motifs is 6. The van der Waals surface area contributed by atoms with Crippen molar-refractivity contribution in [2.75, 3.05) is 0 Å². The molecule has 2 aromatic heterocycles. The second-order valence-electron chi connectivity index (χ2n) is 13.0. The van der Waals surface area contributed by atoms with E-state index in [-0.39, 0.29) is 39.5 Å². The molecule has 4 aromatic carbocycles. The van der Waals surface area contributed by atoms with Crippen molar-refractivity contribution in [3.63, 3.8) is 0 Å². The Kier molecular flexibility index (Phi) is 3.82. The number of allylic oxidation sites excluding steroid dienone is 4. The Morgan fingerprint density at radius 2 is 1.69 bits per heavy atom. The number of para-hydroxylation sites is 1. The molecule has 2 heterocycles. The first-order valence-electron chi connectivity index (χ1n) is 29.1. The average Bonchev–Trinajstić information content (AvgIpc) is 2.52. The van der Waals surface area contributed by atoms with Crippen LogP contribution < -0.4 is 0 Å². The van der Waals surface area contributed by atoms with Crippen LogP contribution in [-0.4, -0.2) is 15.4 Å². The van der Waals surface area contributed by atoms with Crippen molar-refractivity contribution in [2.24, 2.45) is 17.7 Å². The molecule has 260 valence electrons. The highest BCUT2D eigenvalue weighted by Crippen LogP contribution is 2.63. The fraction of sp³-hybridized carbons (Fsp3) is 0.354. The number of benzene rings is 4. The normalized spacial score (nSPS) is 46.3. The van der Waals surface area contributed by atoms with Crippen LogP contribution in [0, 0.1) is 31.5 Å². The van der Waals surface area contributed by atoms with Crippen molar-refractivity contribution in [3.05, 3.63) is 131 Å². The van der Waals surface area contributed by atoms with Gasteiger partial charge in [-0.25, -0.2) is 0 Å². The van der Waals surface area contributed by atoms with Crippen LogP contribution in [0.15, 0.2) is 102 Å². The smallest absolute Gasteiger partial charge is 0.135 e. The maximum atomic E-state index is 11.6. The summed E-state index contributed by atoms with van der Waals surface area (Å²) in [6, 6.07) is 14.1. The molecule has 0 N–H and O–H groups in total. The van der Waals surface area contributed by atoms with Crippen molar-refractivity contribution >= 4 is 27.5 Å². The third kappa shape index (κ3) is 4.75. The summed E-state index contributed by atoms with van der Waals surface area (Å²) >= 11 is 0. The average molecular weight is 706 g/mol. The molecule has 6 aromatic rings. The number of furan rings is 1. The highest BCUT2D eigenvalue weighted by Gasteiger charge is 2.55. The zero-order chi connectivity index (χ0) is 56.3. The first-order valence-corrected chi connectivity index (χ1v) is 16.9. The Balaban J connectivity index is 1.62. The first kappa shape index (κ1) is 15.6. The number of aryl methyl sites for hydroxylation is 1. The van der Waals surface area contributed by atoms with Crippen molar-refractivity contribution in [1.82, 2.24) is 15.4 Å². The predicted molar refractivity (Wildman–Crippen MR) is 212 cm³/mol. The van der Waals surface area contributed by atoms with Crippen LogP contribution in [0.3, 0.4) is 0 Å². The van der Waals surface area contributed by atoms with Gasteiger partial charge in [0.1, 0.15) is 11.2 Å². The van der Waals surface area contributed by atoms with E-state index in [9.17, 15) is 27.4 Å². The summed E-state index contributed by atoms with van der Waals surface area (Å²) in [5, 5.41) is 11.1. The zero-order valence-electron chi connectivity index (χ0n) is 52.1. The largest absolute Gasteiger partial charge is 0.456 e. The molecule has 0 amide bonds. The maximum Gasteiger partial charge on any atom is 0.135 e. The molecule has 6 unspecified atom stereocenters. The Hall–Kier alpha value is -4.83. The van der Waals surface area contributed by atoms with Gasteiger partial charge >= 0.3 is 0 Å². The summed E-state index contributed by atoms with van der Waals surface area (Å²) in [6.07, 6.45) is -40.4. The number of hydrogen-bond acceptors (Lipinski definition) is 4. The Labute approximate surface area is 340 Å². The lowest BCUT2D eigenvalue weighted by atomic mass is 9.49. The van der Waals surface area contributed by atoms with Crippen molar-refractivity contribution in [3.8, 4) is 22.3 Å². The lowest BCUT2D eigenvalue weighted by Crippen LogP contribution is -2.48. The molecule has 0 bridgehead atoms. The Morgan fingerprint density at radius 3 is 2.60 bits per heavy atom. The first-order chi connectivity index (χ1) is 34.9. The molecule has 0 radical (unpaired) electrons. The van der Waals surface area contributed by atoms with Gasteiger partial charge < -0.3 is 4.42 Å². The summed E-state index contributed by atoms with van der Waals surface area (Å²) in [5.41, 5.74) is -3.98. The second kappa shape index (κ2) is 12.7. The molecule has 0 aliphatic heterocycles. The standard InChI is InChI=1S/C48H47N3O/c1-30-28-38-35-19-10-9-16-33(35)29-39(38)45(31(30)2)37-24-25-44-46(36-20-11-12-23-43(36)52-44)47(37)48(34-17-7-4-8-18-34)40(32-14-5-3-6-15-32)21-13-22-41(48)42-26-27-49-51-50-42/h9-13,16,19-28,32,34,40H,3-8,14-15,17-18,29H2,1-2H3/i3D2,4D2,5D2,6D2,7D2,8D2,13D,14D,15D2,17D,18D2,21D,22D,32D,34D,40D. The summed E-state index contributed by atoms with van der Waals surface area (Å²) < 4.78 is 241. The van der Waals surface area contributed by atoms with Crippen LogP contribution in [0.2, 0.25) is 0 Å². The number of rotatable bonds is 5. The summed E-state index contributed by atoms with van der Waals surface area (Å²) in [4.78, 5) is 0. The van der Waals surface area contributed by atoms with E-state index in [0.29, 0.717) is 22.3 Å². The molecule has 2 saturated carbocycles. The molecular formula is C48H47N3O. The SMILES string of the molecule is [2H]C1=C([2H])C([2H])(C2([2H])C([2H])C([2H])([2H])C([2H])([2H])C([2H])([2H])C2([2H])[2H])C(c2c(-c3c(C)c(C)cc4c3Cc3ccccc3-4)ccc3oc4ccccc4c23)(C2([2H])C([2H])C([2H])([2H])C([2H])([2H])C([2H])([2H])C2([2H])[2H])C(c2ccnnn2)=C1[2H]. The van der Waals surface area contributed by atoms with Gasteiger partial charge in [-0.15, -0.1) is 10.2 Å². The summed E-state index contributed by atoms with van der Waals surface area (Å²) in [7, 11) is 0. The van der Waals surface area contributed by atoms with E-state index in [1.807, 2.05) is 18.2 Å². The van der Waals surface area contributed by atoms with Gasteiger partial charge in [-0.3, -0.25) is 0 Å². The van der Waals surface area contributed by atoms with Crippen LogP contribution in [0.1, 0.15) is 130 Å². The predicted octanol–water partition coefficient (Wildman–Crippen LogP) is 12.3. The highest BCUT2D eigenvalue weighted by atomic mass is 16.3. The zero-order valence-corrected chi connectivity index (χ0v) is 28.1. The van der Waals surface area contributed by atoms with Crippen LogP contribution in [-0.2, 0) is 11.8 Å². The number of hydrogen-bond donors (Lipinski definition) is 0. The Morgan fingerprint density at radius 1 is 0.846 bits per heavy atom. The van der Waals surface area contributed by atoms with Crippen molar-refractivity contribution in [2.45, 2.75) is 89.5 Å². The minimum atomic E-state index is -4.61. The van der Waals surface area contributed by atoms with Crippen LogP contribution in [0.4, 0.5) is 0 Å². The summed E-state index contributed by atoms with van der Waals surface area (Å²) in [5.74, 6) is -13.7. The molecule has 0 saturated heterocycles. The van der Waals surface area contributed by atoms with E-state index in [4.69, 9.17) is 9.90 Å². The lowest BCUT2D eigenvalue weighted by Gasteiger charge is -2.54. The van der Waals surface area contributed by atoms with E-state index in [2.05, 4.69) is 15.4 Å². The van der Waals surface area contributed by atoms with Crippen LogP contribution in [0.25, 0.3) is 49.8 Å². The van der Waals surface area contributed by atoms with E-state index in [1.165, 1.54) is 36.4 Å². The minimum absolute atomic E-state index is 0.0119.